The van der Waals surface area contributed by atoms with Crippen LogP contribution >= 0.6 is 0 Å². The van der Waals surface area contributed by atoms with E-state index in [1.54, 1.807) is 19.1 Å². The SMILES string of the molecule is C/C(=C/c1ccn(S(C)(=O)=O)c1)NC(=O)C(C)C. The maximum absolute atomic E-state index is 11.5. The normalized spacial score (nSPS) is 12.8. The molecule has 0 aliphatic carbocycles. The van der Waals surface area contributed by atoms with Crippen LogP contribution in [0.1, 0.15) is 26.3 Å². The van der Waals surface area contributed by atoms with Crippen molar-refractivity contribution in [3.05, 3.63) is 29.7 Å². The molecule has 0 bridgehead atoms. The molecule has 1 rings (SSSR count). The first-order valence-corrected chi connectivity index (χ1v) is 7.42. The fourth-order valence-electron chi connectivity index (χ4n) is 1.31. The number of aromatic nitrogens is 1. The van der Waals surface area contributed by atoms with Crippen molar-refractivity contribution in [3.8, 4) is 0 Å². The lowest BCUT2D eigenvalue weighted by molar-refractivity contribution is -0.123. The van der Waals surface area contributed by atoms with Gasteiger partial charge in [-0.2, -0.15) is 0 Å². The first kappa shape index (κ1) is 14.5. The zero-order valence-electron chi connectivity index (χ0n) is 11.0. The van der Waals surface area contributed by atoms with E-state index in [0.29, 0.717) is 5.70 Å². The number of rotatable bonds is 4. The summed E-state index contributed by atoms with van der Waals surface area (Å²) in [5.41, 5.74) is 1.40. The van der Waals surface area contributed by atoms with Crippen LogP contribution in [-0.4, -0.2) is 24.6 Å². The molecule has 1 aromatic rings. The lowest BCUT2D eigenvalue weighted by atomic mass is 10.2. The molecule has 0 spiro atoms. The van der Waals surface area contributed by atoms with Crippen LogP contribution in [0.5, 0.6) is 0 Å². The fraction of sp³-hybridized carbons (Fsp3) is 0.417. The van der Waals surface area contributed by atoms with E-state index in [4.69, 9.17) is 0 Å². The van der Waals surface area contributed by atoms with Crippen molar-refractivity contribution in [2.24, 2.45) is 5.92 Å². The Balaban J connectivity index is 2.84. The third-order valence-electron chi connectivity index (χ3n) is 2.30. The second-order valence-electron chi connectivity index (χ2n) is 4.51. The number of amides is 1. The number of carbonyl (C=O) groups is 1. The molecule has 6 heteroatoms. The Labute approximate surface area is 108 Å². The van der Waals surface area contributed by atoms with E-state index in [0.717, 1.165) is 15.8 Å². The molecular formula is C12H18N2O3S. The van der Waals surface area contributed by atoms with Crippen LogP contribution in [0.25, 0.3) is 6.08 Å². The summed E-state index contributed by atoms with van der Waals surface area (Å²) in [6.45, 7) is 5.38. The van der Waals surface area contributed by atoms with Gasteiger partial charge in [-0.15, -0.1) is 0 Å². The van der Waals surface area contributed by atoms with Gasteiger partial charge in [-0.3, -0.25) is 8.77 Å². The van der Waals surface area contributed by atoms with Gasteiger partial charge in [-0.05, 0) is 24.6 Å². The molecule has 0 saturated heterocycles. The number of carbonyl (C=O) groups excluding carboxylic acids is 1. The first-order chi connectivity index (χ1) is 8.20. The molecule has 0 aliphatic rings. The summed E-state index contributed by atoms with van der Waals surface area (Å²) in [5.74, 6) is -0.153. The fourth-order valence-corrected chi connectivity index (χ4v) is 1.90. The molecule has 1 amide bonds. The third kappa shape index (κ3) is 4.03. The van der Waals surface area contributed by atoms with Gasteiger partial charge in [0.1, 0.15) is 0 Å². The zero-order valence-corrected chi connectivity index (χ0v) is 11.8. The van der Waals surface area contributed by atoms with Crippen LogP contribution in [0.2, 0.25) is 0 Å². The minimum absolute atomic E-state index is 0.0636. The van der Waals surface area contributed by atoms with Crippen molar-refractivity contribution < 1.29 is 13.2 Å². The highest BCUT2D eigenvalue weighted by Gasteiger charge is 2.07. The van der Waals surface area contributed by atoms with Crippen molar-refractivity contribution in [2.75, 3.05) is 6.26 Å². The molecule has 0 aromatic carbocycles. The Morgan fingerprint density at radius 1 is 1.44 bits per heavy atom. The van der Waals surface area contributed by atoms with E-state index in [2.05, 4.69) is 5.32 Å². The van der Waals surface area contributed by atoms with E-state index in [9.17, 15) is 13.2 Å². The molecule has 5 nitrogen and oxygen atoms in total. The second kappa shape index (κ2) is 5.39. The van der Waals surface area contributed by atoms with Gasteiger partial charge < -0.3 is 5.32 Å². The zero-order chi connectivity index (χ0) is 13.9. The maximum Gasteiger partial charge on any atom is 0.235 e. The first-order valence-electron chi connectivity index (χ1n) is 5.58. The highest BCUT2D eigenvalue weighted by atomic mass is 32.2. The van der Waals surface area contributed by atoms with Gasteiger partial charge >= 0.3 is 0 Å². The van der Waals surface area contributed by atoms with E-state index in [-0.39, 0.29) is 11.8 Å². The van der Waals surface area contributed by atoms with Crippen LogP contribution < -0.4 is 5.32 Å². The molecule has 1 N–H and O–H groups in total. The van der Waals surface area contributed by atoms with E-state index in [1.165, 1.54) is 12.4 Å². The molecule has 1 heterocycles. The highest BCUT2D eigenvalue weighted by Crippen LogP contribution is 2.08. The van der Waals surface area contributed by atoms with Gasteiger partial charge in [-0.25, -0.2) is 8.42 Å². The Kier molecular flexibility index (Phi) is 4.34. The molecule has 0 saturated carbocycles. The van der Waals surface area contributed by atoms with Crippen LogP contribution in [0.3, 0.4) is 0 Å². The molecule has 0 atom stereocenters. The average molecular weight is 270 g/mol. The highest BCUT2D eigenvalue weighted by molar-refractivity contribution is 7.89. The summed E-state index contributed by atoms with van der Waals surface area (Å²) in [5, 5.41) is 2.74. The number of nitrogens with one attached hydrogen (secondary N) is 1. The second-order valence-corrected chi connectivity index (χ2v) is 6.40. The lowest BCUT2D eigenvalue weighted by Crippen LogP contribution is -2.25. The van der Waals surface area contributed by atoms with Crippen LogP contribution in [-0.2, 0) is 14.8 Å². The standard InChI is InChI=1S/C12H18N2O3S/c1-9(2)12(15)13-10(3)7-11-5-6-14(8-11)18(4,16)17/h5-9H,1-4H3,(H,13,15)/b10-7-. The lowest BCUT2D eigenvalue weighted by Gasteiger charge is -2.07. The van der Waals surface area contributed by atoms with Gasteiger partial charge in [0.2, 0.25) is 15.9 Å². The summed E-state index contributed by atoms with van der Waals surface area (Å²) in [4.78, 5) is 11.5. The summed E-state index contributed by atoms with van der Waals surface area (Å²) < 4.78 is 23.7. The molecule has 0 unspecified atom stereocenters. The van der Waals surface area contributed by atoms with E-state index in [1.807, 2.05) is 13.8 Å². The number of hydrogen-bond acceptors (Lipinski definition) is 3. The van der Waals surface area contributed by atoms with E-state index < -0.39 is 10.0 Å². The largest absolute Gasteiger partial charge is 0.330 e. The molecule has 0 aliphatic heterocycles. The molecule has 0 radical (unpaired) electrons. The summed E-state index contributed by atoms with van der Waals surface area (Å²) in [6.07, 6.45) is 5.83. The number of allylic oxidation sites excluding steroid dienone is 1. The van der Waals surface area contributed by atoms with Crippen molar-refractivity contribution in [2.45, 2.75) is 20.8 Å². The Morgan fingerprint density at radius 2 is 2.06 bits per heavy atom. The predicted octanol–water partition coefficient (Wildman–Crippen LogP) is 1.43. The van der Waals surface area contributed by atoms with Gasteiger partial charge in [0.25, 0.3) is 0 Å². The molecule has 18 heavy (non-hydrogen) atoms. The Hall–Kier alpha value is -1.56. The monoisotopic (exact) mass is 270 g/mol. The summed E-state index contributed by atoms with van der Waals surface area (Å²) >= 11 is 0. The van der Waals surface area contributed by atoms with E-state index >= 15 is 0 Å². The average Bonchev–Trinajstić information content (AvgIpc) is 2.64. The third-order valence-corrected chi connectivity index (χ3v) is 3.29. The van der Waals surface area contributed by atoms with Gasteiger partial charge in [0, 0.05) is 24.0 Å². The summed E-state index contributed by atoms with van der Waals surface area (Å²) in [7, 11) is -3.25. The smallest absolute Gasteiger partial charge is 0.235 e. The van der Waals surface area contributed by atoms with Gasteiger partial charge in [0.05, 0.1) is 6.26 Å². The van der Waals surface area contributed by atoms with Gasteiger partial charge in [0.15, 0.2) is 0 Å². The Bertz CT molecular complexity index is 568. The maximum atomic E-state index is 11.5. The van der Waals surface area contributed by atoms with Crippen molar-refractivity contribution >= 4 is 22.0 Å². The quantitative estimate of drug-likeness (QED) is 0.900. The Morgan fingerprint density at radius 3 is 2.50 bits per heavy atom. The number of nitrogens with zero attached hydrogens (tertiary/aromatic N) is 1. The van der Waals surface area contributed by atoms with Crippen molar-refractivity contribution in [1.82, 2.24) is 9.29 Å². The molecule has 0 fully saturated rings. The van der Waals surface area contributed by atoms with Gasteiger partial charge in [-0.1, -0.05) is 13.8 Å². The van der Waals surface area contributed by atoms with Crippen molar-refractivity contribution in [1.29, 1.82) is 0 Å². The summed E-state index contributed by atoms with van der Waals surface area (Å²) in [6, 6.07) is 1.67. The predicted molar refractivity (Wildman–Crippen MR) is 71.3 cm³/mol. The molecule has 1 aromatic heterocycles. The van der Waals surface area contributed by atoms with Crippen LogP contribution in [0, 0.1) is 5.92 Å². The van der Waals surface area contributed by atoms with Crippen LogP contribution in [0.4, 0.5) is 0 Å². The minimum Gasteiger partial charge on any atom is -0.330 e. The number of hydrogen-bond donors (Lipinski definition) is 1. The molecule has 100 valence electrons. The van der Waals surface area contributed by atoms with Crippen molar-refractivity contribution in [3.63, 3.8) is 0 Å². The van der Waals surface area contributed by atoms with Crippen LogP contribution in [0.15, 0.2) is 24.2 Å². The topological polar surface area (TPSA) is 68.2 Å². The minimum atomic E-state index is -3.25. The molecular weight excluding hydrogens is 252 g/mol.